The standard InChI is InChI=1S/C24H23N3O4/c1-15-8-17-11-18(31-24(17)19(9-15)20-13-25-6-7-26-20)12-27-23(28)5-3-16-2-4-21-22(10-16)30-14-29-21/h2,4,6-10,13,18H,3,5,11-12,14H2,1H3,(H,27,28)/t18-/m0/s1. The number of benzene rings is 2. The normalized spacial score (nSPS) is 16.0. The lowest BCUT2D eigenvalue weighted by atomic mass is 10.0. The van der Waals surface area contributed by atoms with Gasteiger partial charge in [0.2, 0.25) is 12.7 Å². The predicted molar refractivity (Wildman–Crippen MR) is 114 cm³/mol. The van der Waals surface area contributed by atoms with E-state index in [1.54, 1.807) is 18.6 Å². The van der Waals surface area contributed by atoms with Crippen molar-refractivity contribution in [1.29, 1.82) is 0 Å². The molecule has 3 heterocycles. The van der Waals surface area contributed by atoms with Crippen LogP contribution in [0.5, 0.6) is 17.2 Å². The fraction of sp³-hybridized carbons (Fsp3) is 0.292. The van der Waals surface area contributed by atoms with Gasteiger partial charge in [-0.25, -0.2) is 0 Å². The van der Waals surface area contributed by atoms with Crippen molar-refractivity contribution < 1.29 is 19.0 Å². The topological polar surface area (TPSA) is 82.6 Å². The van der Waals surface area contributed by atoms with Crippen LogP contribution in [0, 0.1) is 6.92 Å². The van der Waals surface area contributed by atoms with Gasteiger partial charge >= 0.3 is 0 Å². The van der Waals surface area contributed by atoms with Crippen molar-refractivity contribution in [3.63, 3.8) is 0 Å². The SMILES string of the molecule is Cc1cc2c(c(-c3cnccn3)c1)O[C@H](CNC(=O)CCc1ccc3c(c1)OCO3)C2. The first-order chi connectivity index (χ1) is 15.2. The predicted octanol–water partition coefficient (Wildman–Crippen LogP) is 3.23. The second-order valence-corrected chi connectivity index (χ2v) is 7.83. The molecule has 0 aliphatic carbocycles. The summed E-state index contributed by atoms with van der Waals surface area (Å²) in [6.45, 7) is 2.78. The lowest BCUT2D eigenvalue weighted by Gasteiger charge is -2.13. The summed E-state index contributed by atoms with van der Waals surface area (Å²) < 4.78 is 16.9. The zero-order valence-electron chi connectivity index (χ0n) is 17.3. The molecule has 1 atom stereocenters. The quantitative estimate of drug-likeness (QED) is 0.663. The molecule has 0 radical (unpaired) electrons. The maximum absolute atomic E-state index is 12.4. The van der Waals surface area contributed by atoms with Gasteiger partial charge in [-0.15, -0.1) is 0 Å². The van der Waals surface area contributed by atoms with Crippen molar-refractivity contribution in [3.8, 4) is 28.5 Å². The molecule has 5 rings (SSSR count). The minimum atomic E-state index is -0.0956. The summed E-state index contributed by atoms with van der Waals surface area (Å²) in [6, 6.07) is 9.98. The van der Waals surface area contributed by atoms with Gasteiger partial charge in [0.1, 0.15) is 11.9 Å². The van der Waals surface area contributed by atoms with Gasteiger partial charge in [-0.2, -0.15) is 0 Å². The summed E-state index contributed by atoms with van der Waals surface area (Å²) in [6.07, 6.45) is 6.78. The van der Waals surface area contributed by atoms with Crippen LogP contribution in [-0.2, 0) is 17.6 Å². The highest BCUT2D eigenvalue weighted by molar-refractivity contribution is 5.76. The Morgan fingerprint density at radius 3 is 2.94 bits per heavy atom. The summed E-state index contributed by atoms with van der Waals surface area (Å²) in [5.74, 6) is 2.33. The van der Waals surface area contributed by atoms with Gasteiger partial charge in [-0.1, -0.05) is 12.1 Å². The highest BCUT2D eigenvalue weighted by atomic mass is 16.7. The van der Waals surface area contributed by atoms with Gasteiger partial charge in [-0.05, 0) is 48.2 Å². The molecular formula is C24H23N3O4. The lowest BCUT2D eigenvalue weighted by molar-refractivity contribution is -0.121. The van der Waals surface area contributed by atoms with E-state index in [4.69, 9.17) is 14.2 Å². The third-order valence-electron chi connectivity index (χ3n) is 5.49. The smallest absolute Gasteiger partial charge is 0.231 e. The molecule has 7 heteroatoms. The molecule has 1 amide bonds. The molecule has 1 aromatic heterocycles. The van der Waals surface area contributed by atoms with Crippen LogP contribution in [0.15, 0.2) is 48.9 Å². The number of fused-ring (bicyclic) bond motifs is 2. The van der Waals surface area contributed by atoms with E-state index in [-0.39, 0.29) is 18.8 Å². The van der Waals surface area contributed by atoms with Crippen molar-refractivity contribution >= 4 is 5.91 Å². The molecule has 0 fully saturated rings. The molecule has 0 bridgehead atoms. The van der Waals surface area contributed by atoms with E-state index in [0.29, 0.717) is 19.4 Å². The Hall–Kier alpha value is -3.61. The molecule has 7 nitrogen and oxygen atoms in total. The van der Waals surface area contributed by atoms with Crippen molar-refractivity contribution in [3.05, 3.63) is 65.6 Å². The molecular weight excluding hydrogens is 394 g/mol. The highest BCUT2D eigenvalue weighted by Gasteiger charge is 2.27. The summed E-state index contributed by atoms with van der Waals surface area (Å²) in [4.78, 5) is 21.0. The molecule has 0 unspecified atom stereocenters. The van der Waals surface area contributed by atoms with Gasteiger partial charge in [0, 0.05) is 30.8 Å². The number of aryl methyl sites for hydroxylation is 2. The molecule has 0 saturated carbocycles. The second kappa shape index (κ2) is 8.26. The first kappa shape index (κ1) is 19.4. The minimum Gasteiger partial charge on any atom is -0.487 e. The Morgan fingerprint density at radius 2 is 2.06 bits per heavy atom. The van der Waals surface area contributed by atoms with E-state index in [9.17, 15) is 4.79 Å². The van der Waals surface area contributed by atoms with Gasteiger partial charge in [0.05, 0.1) is 18.4 Å². The van der Waals surface area contributed by atoms with E-state index < -0.39 is 0 Å². The number of aromatic nitrogens is 2. The van der Waals surface area contributed by atoms with E-state index in [1.165, 1.54) is 0 Å². The summed E-state index contributed by atoms with van der Waals surface area (Å²) in [7, 11) is 0. The largest absolute Gasteiger partial charge is 0.487 e. The number of carbonyl (C=O) groups excluding carboxylic acids is 1. The van der Waals surface area contributed by atoms with Gasteiger partial charge < -0.3 is 19.5 Å². The van der Waals surface area contributed by atoms with E-state index >= 15 is 0 Å². The third kappa shape index (κ3) is 4.17. The number of hydrogen-bond donors (Lipinski definition) is 1. The van der Waals surface area contributed by atoms with E-state index in [1.807, 2.05) is 18.2 Å². The third-order valence-corrected chi connectivity index (χ3v) is 5.49. The summed E-state index contributed by atoms with van der Waals surface area (Å²) in [5, 5.41) is 3.01. The van der Waals surface area contributed by atoms with Crippen molar-refractivity contribution in [2.24, 2.45) is 0 Å². The van der Waals surface area contributed by atoms with E-state index in [0.717, 1.165) is 51.6 Å². The van der Waals surface area contributed by atoms with Crippen LogP contribution in [0.1, 0.15) is 23.1 Å². The fourth-order valence-corrected chi connectivity index (χ4v) is 4.01. The minimum absolute atomic E-state index is 0.00236. The zero-order chi connectivity index (χ0) is 21.2. The van der Waals surface area contributed by atoms with Crippen LogP contribution < -0.4 is 19.5 Å². The molecule has 158 valence electrons. The number of ether oxygens (including phenoxy) is 3. The Balaban J connectivity index is 1.17. The van der Waals surface area contributed by atoms with Crippen LogP contribution in [-0.4, -0.2) is 35.3 Å². The highest BCUT2D eigenvalue weighted by Crippen LogP contribution is 2.39. The Labute approximate surface area is 180 Å². The number of amides is 1. The van der Waals surface area contributed by atoms with Crippen LogP contribution in [0.2, 0.25) is 0 Å². The number of nitrogens with zero attached hydrogens (tertiary/aromatic N) is 2. The van der Waals surface area contributed by atoms with Crippen LogP contribution in [0.25, 0.3) is 11.3 Å². The van der Waals surface area contributed by atoms with Crippen LogP contribution in [0.4, 0.5) is 0 Å². The monoisotopic (exact) mass is 417 g/mol. The fourth-order valence-electron chi connectivity index (χ4n) is 4.01. The first-order valence-corrected chi connectivity index (χ1v) is 10.4. The number of rotatable bonds is 6. The molecule has 2 aliphatic rings. The van der Waals surface area contributed by atoms with Crippen molar-refractivity contribution in [1.82, 2.24) is 15.3 Å². The molecule has 3 aromatic rings. The number of hydrogen-bond acceptors (Lipinski definition) is 6. The zero-order valence-corrected chi connectivity index (χ0v) is 17.3. The van der Waals surface area contributed by atoms with Crippen molar-refractivity contribution in [2.75, 3.05) is 13.3 Å². The van der Waals surface area contributed by atoms with Gasteiger partial charge in [-0.3, -0.25) is 14.8 Å². The Morgan fingerprint density at radius 1 is 1.16 bits per heavy atom. The maximum atomic E-state index is 12.4. The molecule has 1 N–H and O–H groups in total. The van der Waals surface area contributed by atoms with Crippen LogP contribution >= 0.6 is 0 Å². The molecule has 31 heavy (non-hydrogen) atoms. The Bertz CT molecular complexity index is 1120. The lowest BCUT2D eigenvalue weighted by Crippen LogP contribution is -2.34. The average Bonchev–Trinajstić information content (AvgIpc) is 3.42. The average molecular weight is 417 g/mol. The Kier molecular flexibility index (Phi) is 5.16. The van der Waals surface area contributed by atoms with Crippen molar-refractivity contribution in [2.45, 2.75) is 32.3 Å². The molecule has 2 aromatic carbocycles. The maximum Gasteiger partial charge on any atom is 0.231 e. The summed E-state index contributed by atoms with van der Waals surface area (Å²) in [5.41, 5.74) is 5.07. The van der Waals surface area contributed by atoms with Gasteiger partial charge in [0.15, 0.2) is 11.5 Å². The number of carbonyl (C=O) groups is 1. The molecule has 0 spiro atoms. The van der Waals surface area contributed by atoms with Crippen LogP contribution in [0.3, 0.4) is 0 Å². The summed E-state index contributed by atoms with van der Waals surface area (Å²) >= 11 is 0. The number of nitrogens with one attached hydrogen (secondary N) is 1. The second-order valence-electron chi connectivity index (χ2n) is 7.83. The molecule has 2 aliphatic heterocycles. The van der Waals surface area contributed by atoms with E-state index in [2.05, 4.69) is 34.3 Å². The molecule has 0 saturated heterocycles. The van der Waals surface area contributed by atoms with Gasteiger partial charge in [0.25, 0.3) is 0 Å². The first-order valence-electron chi connectivity index (χ1n) is 10.4.